The minimum absolute atomic E-state index is 0.0498. The molecule has 144 valence electrons. The summed E-state index contributed by atoms with van der Waals surface area (Å²) in [6.07, 6.45) is 9.45. The van der Waals surface area contributed by atoms with Crippen LogP contribution in [0.1, 0.15) is 26.0 Å². The normalized spacial score (nSPS) is 31.0. The van der Waals surface area contributed by atoms with Crippen molar-refractivity contribution in [2.45, 2.75) is 38.5 Å². The molecule has 0 aliphatic carbocycles. The highest BCUT2D eigenvalue weighted by atomic mass is 16.5. The van der Waals surface area contributed by atoms with E-state index < -0.39 is 17.4 Å². The van der Waals surface area contributed by atoms with Gasteiger partial charge in [-0.2, -0.15) is 0 Å². The van der Waals surface area contributed by atoms with Crippen LogP contribution in [0.4, 0.5) is 0 Å². The molecule has 27 heavy (non-hydrogen) atoms. The Hall–Kier alpha value is -2.28. The number of nitrogens with zero attached hydrogens (tertiary/aromatic N) is 4. The Kier molecular flexibility index (Phi) is 4.50. The van der Waals surface area contributed by atoms with Gasteiger partial charge in [-0.25, -0.2) is 0 Å². The maximum atomic E-state index is 13.2. The zero-order valence-electron chi connectivity index (χ0n) is 16.0. The third-order valence-electron chi connectivity index (χ3n) is 5.83. The monoisotopic (exact) mass is 370 g/mol. The first-order valence-corrected chi connectivity index (χ1v) is 9.57. The van der Waals surface area contributed by atoms with Gasteiger partial charge in [0.15, 0.2) is 0 Å². The zero-order valence-corrected chi connectivity index (χ0v) is 16.0. The molecular formula is C20H26N4O3. The first-order chi connectivity index (χ1) is 12.9. The van der Waals surface area contributed by atoms with Gasteiger partial charge in [-0.05, 0) is 12.3 Å². The molecule has 0 radical (unpaired) electrons. The maximum absolute atomic E-state index is 13.2. The molecule has 1 aromatic rings. The first-order valence-electron chi connectivity index (χ1n) is 9.57. The van der Waals surface area contributed by atoms with Crippen molar-refractivity contribution in [2.24, 2.45) is 17.8 Å². The quantitative estimate of drug-likeness (QED) is 0.705. The Morgan fingerprint density at radius 3 is 2.96 bits per heavy atom. The van der Waals surface area contributed by atoms with Gasteiger partial charge in [0, 0.05) is 26.0 Å². The van der Waals surface area contributed by atoms with E-state index in [4.69, 9.17) is 4.74 Å². The molecule has 0 aromatic carbocycles. The lowest BCUT2D eigenvalue weighted by atomic mass is 9.76. The lowest BCUT2D eigenvalue weighted by Crippen LogP contribution is -2.44. The van der Waals surface area contributed by atoms with E-state index in [-0.39, 0.29) is 17.9 Å². The first kappa shape index (κ1) is 18.1. The Morgan fingerprint density at radius 2 is 2.26 bits per heavy atom. The minimum Gasteiger partial charge on any atom is -0.360 e. The second-order valence-electron chi connectivity index (χ2n) is 8.23. The summed E-state index contributed by atoms with van der Waals surface area (Å²) in [5.74, 6) is -0.376. The number of hydrogen-bond acceptors (Lipinski definition) is 5. The van der Waals surface area contributed by atoms with Crippen molar-refractivity contribution in [3.8, 4) is 0 Å². The Morgan fingerprint density at radius 1 is 1.44 bits per heavy atom. The summed E-state index contributed by atoms with van der Waals surface area (Å²) >= 11 is 0. The van der Waals surface area contributed by atoms with E-state index in [0.29, 0.717) is 25.6 Å². The summed E-state index contributed by atoms with van der Waals surface area (Å²) in [7, 11) is 1.75. The number of aromatic nitrogens is 2. The van der Waals surface area contributed by atoms with Gasteiger partial charge >= 0.3 is 0 Å². The van der Waals surface area contributed by atoms with Crippen LogP contribution in [0, 0.1) is 17.8 Å². The molecule has 1 aromatic heterocycles. The number of hydrogen-bond donors (Lipinski definition) is 0. The molecule has 0 N–H and O–H groups in total. The van der Waals surface area contributed by atoms with E-state index in [0.717, 1.165) is 12.1 Å². The van der Waals surface area contributed by atoms with E-state index in [1.165, 1.54) is 0 Å². The van der Waals surface area contributed by atoms with E-state index in [1.807, 2.05) is 17.1 Å². The predicted molar refractivity (Wildman–Crippen MR) is 98.3 cm³/mol. The third kappa shape index (κ3) is 3.04. The highest BCUT2D eigenvalue weighted by Crippen LogP contribution is 2.52. The smallest absolute Gasteiger partial charge is 0.230 e. The number of carbonyl (C=O) groups excluding carboxylic acids is 2. The molecule has 2 amide bonds. The summed E-state index contributed by atoms with van der Waals surface area (Å²) in [4.78, 5) is 38.1. The van der Waals surface area contributed by atoms with Gasteiger partial charge in [0.25, 0.3) is 0 Å². The molecule has 2 saturated heterocycles. The average molecular weight is 370 g/mol. The van der Waals surface area contributed by atoms with Gasteiger partial charge < -0.3 is 14.5 Å². The Balaban J connectivity index is 1.51. The van der Waals surface area contributed by atoms with Gasteiger partial charge in [0.05, 0.1) is 42.9 Å². The fourth-order valence-electron chi connectivity index (χ4n) is 4.45. The molecule has 3 aliphatic rings. The second-order valence-corrected chi connectivity index (χ2v) is 8.23. The van der Waals surface area contributed by atoms with Crippen molar-refractivity contribution in [1.29, 1.82) is 0 Å². The van der Waals surface area contributed by atoms with Crippen molar-refractivity contribution in [1.82, 2.24) is 19.8 Å². The van der Waals surface area contributed by atoms with Crippen molar-refractivity contribution < 1.29 is 14.3 Å². The predicted octanol–water partition coefficient (Wildman–Crippen LogP) is 1.26. The molecule has 0 saturated carbocycles. The number of ether oxygens (including phenoxy) is 1. The molecular weight excluding hydrogens is 344 g/mol. The summed E-state index contributed by atoms with van der Waals surface area (Å²) in [6, 6.07) is 0. The van der Waals surface area contributed by atoms with Gasteiger partial charge in [-0.1, -0.05) is 26.0 Å². The van der Waals surface area contributed by atoms with Crippen molar-refractivity contribution in [3.05, 3.63) is 36.4 Å². The van der Waals surface area contributed by atoms with E-state index in [2.05, 4.69) is 23.8 Å². The number of fused-ring (bicyclic) bond motifs is 1. The lowest BCUT2D eigenvalue weighted by molar-refractivity contribution is -0.142. The van der Waals surface area contributed by atoms with Crippen LogP contribution < -0.4 is 0 Å². The summed E-state index contributed by atoms with van der Waals surface area (Å²) < 4.78 is 6.18. The molecule has 4 heterocycles. The van der Waals surface area contributed by atoms with Crippen LogP contribution in [0.3, 0.4) is 0 Å². The van der Waals surface area contributed by atoms with Crippen molar-refractivity contribution in [3.63, 3.8) is 0 Å². The molecule has 0 unspecified atom stereocenters. The van der Waals surface area contributed by atoms with Gasteiger partial charge in [-0.15, -0.1) is 0 Å². The standard InChI is InChI=1S/C20H26N4O3/c1-13(2)5-9-24-12-20-6-4-15(27-20)16(17(20)19(24)26)18(25)23(3)11-14-10-21-7-8-22-14/h4,6-8,10,13,15-17H,5,9,11-12H2,1-3H3/t15-,16+,17-,20-/m0/s1. The Labute approximate surface area is 159 Å². The molecule has 4 atom stereocenters. The highest BCUT2D eigenvalue weighted by molar-refractivity contribution is 5.92. The Bertz CT molecular complexity index is 766. The van der Waals surface area contributed by atoms with Crippen LogP contribution in [0.2, 0.25) is 0 Å². The molecule has 7 nitrogen and oxygen atoms in total. The largest absolute Gasteiger partial charge is 0.360 e. The van der Waals surface area contributed by atoms with Crippen LogP contribution in [-0.4, -0.2) is 63.4 Å². The fraction of sp³-hybridized carbons (Fsp3) is 0.600. The lowest BCUT2D eigenvalue weighted by Gasteiger charge is -2.27. The summed E-state index contributed by atoms with van der Waals surface area (Å²) in [6.45, 7) is 5.93. The summed E-state index contributed by atoms with van der Waals surface area (Å²) in [5.41, 5.74) is 0.0888. The molecule has 2 fully saturated rings. The topological polar surface area (TPSA) is 75.6 Å². The van der Waals surface area contributed by atoms with Gasteiger partial charge in [0.2, 0.25) is 11.8 Å². The highest BCUT2D eigenvalue weighted by Gasteiger charge is 2.66. The second kappa shape index (κ2) is 6.71. The van der Waals surface area contributed by atoms with E-state index >= 15 is 0 Å². The van der Waals surface area contributed by atoms with E-state index in [9.17, 15) is 9.59 Å². The number of carbonyl (C=O) groups is 2. The minimum atomic E-state index is -0.632. The average Bonchev–Trinajstić information content (AvgIpc) is 3.28. The van der Waals surface area contributed by atoms with Gasteiger partial charge in [0.1, 0.15) is 5.60 Å². The molecule has 2 bridgehead atoms. The molecule has 7 heteroatoms. The zero-order chi connectivity index (χ0) is 19.2. The van der Waals surface area contributed by atoms with Crippen LogP contribution in [0.25, 0.3) is 0 Å². The SMILES string of the molecule is CC(C)CCN1C[C@]23C=C[C@H](O2)[C@@H](C(=O)N(C)Cc2cnccn2)[C@H]3C1=O. The number of likely N-dealkylation sites (tertiary alicyclic amines) is 1. The fourth-order valence-corrected chi connectivity index (χ4v) is 4.45. The number of rotatable bonds is 6. The summed E-state index contributed by atoms with van der Waals surface area (Å²) in [5, 5.41) is 0. The maximum Gasteiger partial charge on any atom is 0.230 e. The van der Waals surface area contributed by atoms with Crippen molar-refractivity contribution in [2.75, 3.05) is 20.1 Å². The van der Waals surface area contributed by atoms with Crippen LogP contribution in [0.5, 0.6) is 0 Å². The van der Waals surface area contributed by atoms with Gasteiger partial charge in [-0.3, -0.25) is 19.6 Å². The van der Waals surface area contributed by atoms with Crippen LogP contribution >= 0.6 is 0 Å². The van der Waals surface area contributed by atoms with E-state index in [1.54, 1.807) is 30.5 Å². The number of amides is 2. The molecule has 4 rings (SSSR count). The molecule has 3 aliphatic heterocycles. The third-order valence-corrected chi connectivity index (χ3v) is 5.83. The van der Waals surface area contributed by atoms with Crippen LogP contribution in [0.15, 0.2) is 30.7 Å². The van der Waals surface area contributed by atoms with Crippen molar-refractivity contribution >= 4 is 11.8 Å². The van der Waals surface area contributed by atoms with Crippen LogP contribution in [-0.2, 0) is 20.9 Å². The molecule has 1 spiro atoms.